The summed E-state index contributed by atoms with van der Waals surface area (Å²) in [7, 11) is 0. The van der Waals surface area contributed by atoms with Gasteiger partial charge in [-0.3, -0.25) is 9.80 Å². The third-order valence-electron chi connectivity index (χ3n) is 18.1. The number of anilines is 21. The summed E-state index contributed by atoms with van der Waals surface area (Å²) in [4.78, 5) is 22.7. The van der Waals surface area contributed by atoms with Crippen LogP contribution in [0.4, 0.5) is 120 Å². The highest BCUT2D eigenvalue weighted by Crippen LogP contribution is 2.65. The van der Waals surface area contributed by atoms with Gasteiger partial charge < -0.3 is 24.5 Å². The van der Waals surface area contributed by atoms with Gasteiger partial charge in [-0.05, 0) is 151 Å². The molecule has 8 nitrogen and oxygen atoms in total. The Labute approximate surface area is 566 Å². The van der Waals surface area contributed by atoms with E-state index in [0.29, 0.717) is 0 Å². The zero-order valence-corrected chi connectivity index (χ0v) is 53.0. The Morgan fingerprint density at radius 1 is 0.196 bits per heavy atom. The Morgan fingerprint density at radius 3 is 0.907 bits per heavy atom. The molecule has 14 aromatic carbocycles. The summed E-state index contributed by atoms with van der Waals surface area (Å²) in [6, 6.07) is 139. The van der Waals surface area contributed by atoms with Crippen molar-refractivity contribution in [2.75, 3.05) is 34.3 Å². The van der Waals surface area contributed by atoms with E-state index in [4.69, 9.17) is 4.98 Å². The van der Waals surface area contributed by atoms with Crippen molar-refractivity contribution in [3.05, 3.63) is 388 Å². The molecule has 0 fully saturated rings. The van der Waals surface area contributed by atoms with Gasteiger partial charge in [-0.15, -0.1) is 0 Å². The van der Waals surface area contributed by atoms with Gasteiger partial charge in [0.05, 0.1) is 56.9 Å². The van der Waals surface area contributed by atoms with Gasteiger partial charge in [-0.1, -0.05) is 237 Å². The summed E-state index contributed by atoms with van der Waals surface area (Å²) in [6.07, 6.45) is 0. The Morgan fingerprint density at radius 2 is 0.505 bits per heavy atom. The topological polar surface area (TPSA) is 35.6 Å². The molecule has 15 aromatic rings. The van der Waals surface area contributed by atoms with Crippen LogP contribution in [-0.4, -0.2) is 4.98 Å². The molecule has 0 bridgehead atoms. The Kier molecular flexibility index (Phi) is 15.1. The van der Waals surface area contributed by atoms with Crippen molar-refractivity contribution in [2.24, 2.45) is 0 Å². The van der Waals surface area contributed by atoms with E-state index in [9.17, 15) is 0 Å². The van der Waals surface area contributed by atoms with Crippen molar-refractivity contribution in [3.63, 3.8) is 0 Å². The van der Waals surface area contributed by atoms with Crippen LogP contribution in [0.15, 0.2) is 388 Å². The molecule has 0 atom stereocenters. The number of para-hydroxylation sites is 11. The maximum Gasteiger partial charge on any atom is 0.142 e. The smallest absolute Gasteiger partial charge is 0.142 e. The number of rotatable bonds is 16. The summed E-state index contributed by atoms with van der Waals surface area (Å²) in [5.74, 6) is 1.44. The second-order valence-corrected chi connectivity index (χ2v) is 24.0. The molecule has 460 valence electrons. The van der Waals surface area contributed by atoms with Crippen LogP contribution in [0.5, 0.6) is 0 Å². The lowest BCUT2D eigenvalue weighted by molar-refractivity contribution is 1.11. The molecule has 0 radical (unpaired) electrons. The molecule has 0 unspecified atom stereocenters. The first-order valence-corrected chi connectivity index (χ1v) is 32.9. The molecule has 0 saturated heterocycles. The highest BCUT2D eigenvalue weighted by molar-refractivity contribution is 6.14. The van der Waals surface area contributed by atoms with Crippen LogP contribution in [0.25, 0.3) is 22.3 Å². The van der Waals surface area contributed by atoms with E-state index in [-0.39, 0.29) is 0 Å². The van der Waals surface area contributed by atoms with Crippen LogP contribution < -0.4 is 34.3 Å². The predicted octanol–water partition coefficient (Wildman–Crippen LogP) is 25.3. The molecule has 0 spiro atoms. The highest BCUT2D eigenvalue weighted by Gasteiger charge is 2.41. The van der Waals surface area contributed by atoms with Gasteiger partial charge in [0.2, 0.25) is 0 Å². The number of nitrogens with zero attached hydrogens (tertiary/aromatic N) is 8. The van der Waals surface area contributed by atoms with E-state index in [0.717, 1.165) is 142 Å². The van der Waals surface area contributed by atoms with Crippen LogP contribution in [0.3, 0.4) is 0 Å². The Bertz CT molecular complexity index is 4950. The lowest BCUT2D eigenvalue weighted by atomic mass is 9.93. The summed E-state index contributed by atoms with van der Waals surface area (Å²) >= 11 is 0. The zero-order valence-electron chi connectivity index (χ0n) is 53.0. The van der Waals surface area contributed by atoms with E-state index in [2.05, 4.69) is 423 Å². The molecule has 1 aromatic heterocycles. The van der Waals surface area contributed by atoms with Gasteiger partial charge in [0.15, 0.2) is 0 Å². The first kappa shape index (κ1) is 57.7. The van der Waals surface area contributed by atoms with Gasteiger partial charge in [-0.25, -0.2) is 4.98 Å². The lowest BCUT2D eigenvalue weighted by Gasteiger charge is -2.48. The molecule has 0 aliphatic carbocycles. The number of hydrogen-bond acceptors (Lipinski definition) is 8. The molecule has 0 saturated carbocycles. The third kappa shape index (κ3) is 10.7. The van der Waals surface area contributed by atoms with Gasteiger partial charge in [0.25, 0.3) is 0 Å². The van der Waals surface area contributed by atoms with Crippen molar-refractivity contribution in [3.8, 4) is 22.3 Å². The predicted molar refractivity (Wildman–Crippen MR) is 405 cm³/mol. The largest absolute Gasteiger partial charge is 0.310 e. The first-order chi connectivity index (χ1) is 48.2. The average molecular weight is 1250 g/mol. The molecular weight excluding hydrogens is 1180 g/mol. The van der Waals surface area contributed by atoms with E-state index >= 15 is 0 Å². The molecule has 3 heterocycles. The summed E-state index contributed by atoms with van der Waals surface area (Å²) in [5.41, 5.74) is 23.3. The van der Waals surface area contributed by atoms with Crippen LogP contribution >= 0.6 is 0 Å². The fourth-order valence-corrected chi connectivity index (χ4v) is 14.0. The van der Waals surface area contributed by atoms with Crippen molar-refractivity contribution in [1.29, 1.82) is 0 Å². The van der Waals surface area contributed by atoms with E-state index in [1.54, 1.807) is 0 Å². The second-order valence-electron chi connectivity index (χ2n) is 24.0. The van der Waals surface area contributed by atoms with Crippen molar-refractivity contribution >= 4 is 120 Å². The highest BCUT2D eigenvalue weighted by atomic mass is 15.3. The normalized spacial score (nSPS) is 11.9. The lowest BCUT2D eigenvalue weighted by Crippen LogP contribution is -2.31. The van der Waals surface area contributed by atoms with E-state index in [1.165, 1.54) is 0 Å². The minimum atomic E-state index is 0.720. The first-order valence-electron chi connectivity index (χ1n) is 32.9. The molecule has 0 amide bonds. The van der Waals surface area contributed by atoms with Gasteiger partial charge in [-0.2, -0.15) is 0 Å². The quantitative estimate of drug-likeness (QED) is 0.0947. The summed E-state index contributed by atoms with van der Waals surface area (Å²) < 4.78 is 0. The summed E-state index contributed by atoms with van der Waals surface area (Å²) in [6.45, 7) is 0. The Hall–Kier alpha value is -13.2. The van der Waals surface area contributed by atoms with Crippen LogP contribution in [0.2, 0.25) is 0 Å². The monoisotopic (exact) mass is 1240 g/mol. The molecule has 8 heteroatoms. The van der Waals surface area contributed by atoms with Crippen molar-refractivity contribution < 1.29 is 0 Å². The van der Waals surface area contributed by atoms with E-state index in [1.807, 2.05) is 0 Å². The standard InChI is InChI=1S/C89H64N8/c1-11-34-65(35-12-1)78-54-33-55-79(66-36-13-2-14-37-66)88(78)94(77-63-86(92(69-42-19-5-20-43-69)70-44-21-6-22-45-70)90-87(64-77)93(71-46-23-7-24-47-71)72-48-25-8-26-49-72)75-58-59-82-83(60-75)96(74-52-29-10-30-53-74)85-62-76(91(67-38-15-3-16-39-67)68-40-17-4-18-41-68)61-84-89(85)97(82)81-57-32-31-56-80(81)95(84)73-50-27-9-28-51-73/h1-64H. The third-order valence-corrected chi connectivity index (χ3v) is 18.1. The van der Waals surface area contributed by atoms with Crippen LogP contribution in [0, 0.1) is 0 Å². The van der Waals surface area contributed by atoms with E-state index < -0.39 is 0 Å². The van der Waals surface area contributed by atoms with Crippen LogP contribution in [-0.2, 0) is 0 Å². The molecule has 2 aliphatic rings. The molecule has 2 aliphatic heterocycles. The van der Waals surface area contributed by atoms with Crippen molar-refractivity contribution in [1.82, 2.24) is 4.98 Å². The number of benzene rings is 14. The minimum absolute atomic E-state index is 0.720. The number of fused-ring (bicyclic) bond motifs is 4. The second kappa shape index (κ2) is 25.4. The Balaban J connectivity index is 0.996. The molecule has 17 rings (SSSR count). The fourth-order valence-electron chi connectivity index (χ4n) is 14.0. The van der Waals surface area contributed by atoms with Gasteiger partial charge in [0, 0.05) is 74.4 Å². The molecule has 0 N–H and O–H groups in total. The maximum atomic E-state index is 5.87. The maximum absolute atomic E-state index is 5.87. The number of pyridine rings is 1. The van der Waals surface area contributed by atoms with Gasteiger partial charge in [0.1, 0.15) is 11.6 Å². The average Bonchev–Trinajstić information content (AvgIpc) is 0.699. The van der Waals surface area contributed by atoms with Crippen molar-refractivity contribution in [2.45, 2.75) is 0 Å². The zero-order chi connectivity index (χ0) is 64.4. The molecular formula is C89H64N8. The SMILES string of the molecule is c1ccc(-c2cccc(-c3ccccc3)c2N(c2cc(N(c3ccccc3)c3ccccc3)nc(N(c3ccccc3)c3ccccc3)c2)c2ccc3c(c2)N(c2ccccc2)c2cc(N(c4ccccc4)c4ccccc4)cc4c2N3c2ccccc2N4c2ccccc2)cc1. The minimum Gasteiger partial charge on any atom is -0.310 e. The fraction of sp³-hybridized carbons (Fsp3) is 0. The molecule has 97 heavy (non-hydrogen) atoms. The number of hydrogen-bond donors (Lipinski definition) is 0. The summed E-state index contributed by atoms with van der Waals surface area (Å²) in [5, 5.41) is 0. The van der Waals surface area contributed by atoms with Crippen LogP contribution in [0.1, 0.15) is 0 Å². The number of aromatic nitrogens is 1. The van der Waals surface area contributed by atoms with Gasteiger partial charge >= 0.3 is 0 Å².